The van der Waals surface area contributed by atoms with E-state index in [1.165, 1.54) is 0 Å². The van der Waals surface area contributed by atoms with E-state index in [9.17, 15) is 18.4 Å². The van der Waals surface area contributed by atoms with Crippen molar-refractivity contribution in [1.82, 2.24) is 9.97 Å². The predicted molar refractivity (Wildman–Crippen MR) is 97.3 cm³/mol. The molecule has 1 unspecified atom stereocenters. The summed E-state index contributed by atoms with van der Waals surface area (Å²) in [5.74, 6) is -2.03. The molecule has 0 aliphatic heterocycles. The molecule has 3 aromatic rings. The molecule has 1 heterocycles. The first-order valence-corrected chi connectivity index (χ1v) is 8.77. The van der Waals surface area contributed by atoms with Crippen LogP contribution in [0.1, 0.15) is 13.3 Å². The number of hydrogen-bond acceptors (Lipinski definition) is 4. The fourth-order valence-corrected chi connectivity index (χ4v) is 3.29. The Morgan fingerprint density at radius 2 is 2.04 bits per heavy atom. The summed E-state index contributed by atoms with van der Waals surface area (Å²) in [5.41, 5.74) is 0.131. The summed E-state index contributed by atoms with van der Waals surface area (Å²) >= 11 is 1.08. The van der Waals surface area contributed by atoms with Gasteiger partial charge in [0.25, 0.3) is 5.56 Å². The topological polar surface area (TPSA) is 74.8 Å². The monoisotopic (exact) mass is 375 g/mol. The molecule has 8 heteroatoms. The van der Waals surface area contributed by atoms with Gasteiger partial charge in [-0.05, 0) is 30.7 Å². The van der Waals surface area contributed by atoms with Gasteiger partial charge >= 0.3 is 0 Å². The van der Waals surface area contributed by atoms with E-state index < -0.39 is 22.8 Å². The van der Waals surface area contributed by atoms with Crippen molar-refractivity contribution < 1.29 is 13.6 Å². The smallest absolute Gasteiger partial charge is 0.259 e. The third-order valence-corrected chi connectivity index (χ3v) is 4.95. The number of carbonyl (C=O) groups is 1. The van der Waals surface area contributed by atoms with Crippen molar-refractivity contribution in [3.63, 3.8) is 0 Å². The van der Waals surface area contributed by atoms with E-state index in [-0.39, 0.29) is 11.2 Å². The van der Waals surface area contributed by atoms with E-state index in [0.717, 1.165) is 23.9 Å². The van der Waals surface area contributed by atoms with Crippen LogP contribution in [-0.4, -0.2) is 21.1 Å². The zero-order valence-electron chi connectivity index (χ0n) is 13.8. The number of hydrogen-bond donors (Lipinski definition) is 2. The lowest BCUT2D eigenvalue weighted by Gasteiger charge is -2.14. The predicted octanol–water partition coefficient (Wildman–Crippen LogP) is 3.71. The number of H-pyrrole nitrogens is 1. The quantitative estimate of drug-likeness (QED) is 0.527. The second-order valence-electron chi connectivity index (χ2n) is 5.52. The zero-order valence-corrected chi connectivity index (χ0v) is 14.6. The van der Waals surface area contributed by atoms with Crippen LogP contribution >= 0.6 is 11.8 Å². The average molecular weight is 375 g/mol. The van der Waals surface area contributed by atoms with Crippen LogP contribution in [0, 0.1) is 11.6 Å². The first kappa shape index (κ1) is 18.1. The molecule has 0 fully saturated rings. The Bertz CT molecular complexity index is 1020. The van der Waals surface area contributed by atoms with Crippen molar-refractivity contribution >= 4 is 34.3 Å². The maximum atomic E-state index is 13.7. The molecule has 0 aliphatic carbocycles. The zero-order chi connectivity index (χ0) is 18.7. The largest absolute Gasteiger partial charge is 0.323 e. The Morgan fingerprint density at radius 1 is 1.27 bits per heavy atom. The van der Waals surface area contributed by atoms with Crippen molar-refractivity contribution in [2.75, 3.05) is 5.32 Å². The molecule has 26 heavy (non-hydrogen) atoms. The summed E-state index contributed by atoms with van der Waals surface area (Å²) in [6.45, 7) is 1.79. The summed E-state index contributed by atoms with van der Waals surface area (Å²) < 4.78 is 26.7. The van der Waals surface area contributed by atoms with Crippen LogP contribution in [0.5, 0.6) is 0 Å². The molecule has 0 saturated heterocycles. The number of halogens is 2. The highest BCUT2D eigenvalue weighted by atomic mass is 32.2. The molecule has 0 spiro atoms. The maximum Gasteiger partial charge on any atom is 0.259 e. The molecule has 3 rings (SSSR count). The lowest BCUT2D eigenvalue weighted by molar-refractivity contribution is -0.115. The molecule has 2 aromatic carbocycles. The minimum Gasteiger partial charge on any atom is -0.323 e. The Balaban J connectivity index is 1.80. The highest BCUT2D eigenvalue weighted by molar-refractivity contribution is 8.00. The number of benzene rings is 2. The maximum absolute atomic E-state index is 13.7. The minimum atomic E-state index is -0.851. The number of amides is 1. The Morgan fingerprint density at radius 3 is 2.77 bits per heavy atom. The molecule has 1 amide bonds. The molecular formula is C18H15F2N3O2S. The van der Waals surface area contributed by atoms with Crippen LogP contribution in [0.4, 0.5) is 14.5 Å². The van der Waals surface area contributed by atoms with E-state index in [0.29, 0.717) is 28.5 Å². The van der Waals surface area contributed by atoms with Crippen molar-refractivity contribution in [3.05, 3.63) is 64.5 Å². The van der Waals surface area contributed by atoms with Gasteiger partial charge in [0.05, 0.1) is 21.8 Å². The lowest BCUT2D eigenvalue weighted by atomic mass is 10.2. The molecule has 5 nitrogen and oxygen atoms in total. The molecule has 0 aliphatic rings. The van der Waals surface area contributed by atoms with Crippen LogP contribution in [0.25, 0.3) is 10.9 Å². The lowest BCUT2D eigenvalue weighted by Crippen LogP contribution is -2.25. The van der Waals surface area contributed by atoms with Crippen LogP contribution in [0.3, 0.4) is 0 Å². The van der Waals surface area contributed by atoms with Gasteiger partial charge in [-0.1, -0.05) is 30.8 Å². The minimum absolute atomic E-state index is 0.101. The van der Waals surface area contributed by atoms with E-state index in [2.05, 4.69) is 15.3 Å². The normalized spacial score (nSPS) is 12.1. The van der Waals surface area contributed by atoms with Crippen molar-refractivity contribution in [2.45, 2.75) is 23.8 Å². The number of nitrogens with zero attached hydrogens (tertiary/aromatic N) is 1. The second-order valence-corrected chi connectivity index (χ2v) is 6.71. The van der Waals surface area contributed by atoms with Gasteiger partial charge in [-0.2, -0.15) is 0 Å². The van der Waals surface area contributed by atoms with E-state index in [1.807, 2.05) is 0 Å². The fourth-order valence-electron chi connectivity index (χ4n) is 2.38. The van der Waals surface area contributed by atoms with Crippen molar-refractivity contribution in [2.24, 2.45) is 0 Å². The average Bonchev–Trinajstić information content (AvgIpc) is 2.62. The van der Waals surface area contributed by atoms with Crippen LogP contribution in [-0.2, 0) is 4.79 Å². The Kier molecular flexibility index (Phi) is 5.32. The number of rotatable bonds is 5. The molecule has 0 bridgehead atoms. The van der Waals surface area contributed by atoms with Crippen LogP contribution < -0.4 is 10.9 Å². The van der Waals surface area contributed by atoms with Gasteiger partial charge in [-0.3, -0.25) is 9.59 Å². The fraction of sp³-hybridized carbons (Fsp3) is 0.167. The standard InChI is InChI=1S/C18H15F2N3O2S/c1-2-15(17(25)21-14-8-7-10(19)9-12(14)20)26-18-22-13-6-4-3-5-11(13)16(24)23-18/h3-9,15H,2H2,1H3,(H,21,25)(H,22,23,24). The van der Waals surface area contributed by atoms with E-state index >= 15 is 0 Å². The summed E-state index contributed by atoms with van der Waals surface area (Å²) in [6.07, 6.45) is 0.426. The third kappa shape index (κ3) is 3.91. The number of aromatic amines is 1. The van der Waals surface area contributed by atoms with E-state index in [4.69, 9.17) is 0 Å². The highest BCUT2D eigenvalue weighted by Gasteiger charge is 2.21. The summed E-state index contributed by atoms with van der Waals surface area (Å²) in [4.78, 5) is 31.5. The summed E-state index contributed by atoms with van der Waals surface area (Å²) in [7, 11) is 0. The van der Waals surface area contributed by atoms with Crippen LogP contribution in [0.2, 0.25) is 0 Å². The third-order valence-electron chi connectivity index (χ3n) is 3.70. The molecule has 1 atom stereocenters. The number of anilines is 1. The molecule has 0 radical (unpaired) electrons. The van der Waals surface area contributed by atoms with Gasteiger partial charge in [0, 0.05) is 6.07 Å². The first-order chi connectivity index (χ1) is 12.5. The molecule has 2 N–H and O–H groups in total. The van der Waals surface area contributed by atoms with Gasteiger partial charge in [0.2, 0.25) is 5.91 Å². The molecule has 1 aromatic heterocycles. The molecule has 0 saturated carbocycles. The number of fused-ring (bicyclic) bond motifs is 1. The number of thioether (sulfide) groups is 1. The SMILES string of the molecule is CCC(Sc1nc2ccccc2c(=O)[nH]1)C(=O)Nc1ccc(F)cc1F. The summed E-state index contributed by atoms with van der Waals surface area (Å²) in [5, 5.41) is 2.59. The first-order valence-electron chi connectivity index (χ1n) is 7.89. The van der Waals surface area contributed by atoms with Gasteiger partial charge < -0.3 is 10.3 Å². The van der Waals surface area contributed by atoms with Gasteiger partial charge in [-0.15, -0.1) is 0 Å². The molecular weight excluding hydrogens is 360 g/mol. The Hall–Kier alpha value is -2.74. The summed E-state index contributed by atoms with van der Waals surface area (Å²) in [6, 6.07) is 9.81. The van der Waals surface area contributed by atoms with Gasteiger partial charge in [0.1, 0.15) is 11.6 Å². The number of nitrogens with one attached hydrogen (secondary N) is 2. The van der Waals surface area contributed by atoms with E-state index in [1.54, 1.807) is 31.2 Å². The van der Waals surface area contributed by atoms with Crippen molar-refractivity contribution in [3.8, 4) is 0 Å². The molecule has 134 valence electrons. The Labute approximate surface area is 151 Å². The van der Waals surface area contributed by atoms with Gasteiger partial charge in [0.15, 0.2) is 5.16 Å². The van der Waals surface area contributed by atoms with Gasteiger partial charge in [-0.25, -0.2) is 13.8 Å². The van der Waals surface area contributed by atoms with Crippen molar-refractivity contribution in [1.29, 1.82) is 0 Å². The van der Waals surface area contributed by atoms with Crippen LogP contribution in [0.15, 0.2) is 52.4 Å². The number of para-hydroxylation sites is 1. The second kappa shape index (κ2) is 7.65. The number of aromatic nitrogens is 2. The number of carbonyl (C=O) groups excluding carboxylic acids is 1. The highest BCUT2D eigenvalue weighted by Crippen LogP contribution is 2.24.